The van der Waals surface area contributed by atoms with Gasteiger partial charge in [-0.25, -0.2) is 4.39 Å². The summed E-state index contributed by atoms with van der Waals surface area (Å²) in [6.07, 6.45) is -7.08. The molecule has 0 aromatic rings. The number of ether oxygens (including phenoxy) is 1. The molecule has 12 heavy (non-hydrogen) atoms. The lowest BCUT2D eigenvalue weighted by atomic mass is 10.2. The first kappa shape index (κ1) is 11.2. The molecular weight excluding hydrogens is 180 g/mol. The molecular formula is C6H8F4O2. The lowest BCUT2D eigenvalue weighted by Crippen LogP contribution is -2.19. The molecule has 0 aliphatic heterocycles. The second-order valence-electron chi connectivity index (χ2n) is 2.24. The lowest BCUT2D eigenvalue weighted by Gasteiger charge is -2.06. The highest BCUT2D eigenvalue weighted by Crippen LogP contribution is 2.17. The molecule has 0 aromatic carbocycles. The minimum atomic E-state index is -4.96. The summed E-state index contributed by atoms with van der Waals surface area (Å²) in [7, 11) is 0. The highest BCUT2D eigenvalue weighted by Gasteiger charge is 2.33. The molecule has 0 saturated carbocycles. The molecule has 0 amide bonds. The molecule has 0 N–H and O–H groups in total. The van der Waals surface area contributed by atoms with Crippen LogP contribution in [0.2, 0.25) is 0 Å². The monoisotopic (exact) mass is 188 g/mol. The van der Waals surface area contributed by atoms with Crippen LogP contribution in [0.1, 0.15) is 19.8 Å². The summed E-state index contributed by atoms with van der Waals surface area (Å²) >= 11 is 0. The van der Waals surface area contributed by atoms with Crippen LogP contribution < -0.4 is 0 Å². The summed E-state index contributed by atoms with van der Waals surface area (Å²) < 4.78 is 48.9. The Bertz CT molecular complexity index is 152. The maximum absolute atomic E-state index is 12.0. The molecule has 0 aliphatic rings. The van der Waals surface area contributed by atoms with Gasteiger partial charge in [-0.15, -0.1) is 13.2 Å². The molecule has 0 rings (SSSR count). The van der Waals surface area contributed by atoms with Crippen molar-refractivity contribution in [3.05, 3.63) is 0 Å². The molecule has 0 bridgehead atoms. The van der Waals surface area contributed by atoms with Crippen LogP contribution in [0, 0.1) is 0 Å². The van der Waals surface area contributed by atoms with Gasteiger partial charge in [0, 0.05) is 6.42 Å². The fourth-order valence-electron chi connectivity index (χ4n) is 0.497. The third-order valence-electron chi connectivity index (χ3n) is 0.976. The van der Waals surface area contributed by atoms with Crippen LogP contribution in [0.5, 0.6) is 0 Å². The van der Waals surface area contributed by atoms with Crippen LogP contribution in [0.15, 0.2) is 0 Å². The zero-order valence-electron chi connectivity index (χ0n) is 6.32. The van der Waals surface area contributed by atoms with Crippen LogP contribution in [0.4, 0.5) is 17.6 Å². The van der Waals surface area contributed by atoms with Gasteiger partial charge >= 0.3 is 12.3 Å². The van der Waals surface area contributed by atoms with Crippen molar-refractivity contribution >= 4 is 5.97 Å². The lowest BCUT2D eigenvalue weighted by molar-refractivity contribution is -0.305. The summed E-state index contributed by atoms with van der Waals surface area (Å²) in [5, 5.41) is 0. The predicted octanol–water partition coefficient (Wildman–Crippen LogP) is 2.19. The van der Waals surface area contributed by atoms with Gasteiger partial charge in [-0.2, -0.15) is 0 Å². The van der Waals surface area contributed by atoms with Crippen LogP contribution in [-0.4, -0.2) is 18.5 Å². The SMILES string of the molecule is CC(F)CCC(=O)OC(F)(F)F. The van der Waals surface area contributed by atoms with Gasteiger partial charge in [0.15, 0.2) is 0 Å². The van der Waals surface area contributed by atoms with Gasteiger partial charge in [-0.3, -0.25) is 4.79 Å². The standard InChI is InChI=1S/C6H8F4O2/c1-4(7)2-3-5(11)12-6(8,9)10/h4H,2-3H2,1H3. The average Bonchev–Trinajstić information content (AvgIpc) is 1.79. The van der Waals surface area contributed by atoms with E-state index >= 15 is 0 Å². The highest BCUT2D eigenvalue weighted by atomic mass is 19.4. The van der Waals surface area contributed by atoms with Gasteiger partial charge in [0.2, 0.25) is 0 Å². The molecule has 0 spiro atoms. The first-order valence-electron chi connectivity index (χ1n) is 3.24. The summed E-state index contributed by atoms with van der Waals surface area (Å²) in [4.78, 5) is 10.3. The van der Waals surface area contributed by atoms with Crippen molar-refractivity contribution < 1.29 is 27.1 Å². The quantitative estimate of drug-likeness (QED) is 0.501. The third-order valence-corrected chi connectivity index (χ3v) is 0.976. The second kappa shape index (κ2) is 4.27. The van der Waals surface area contributed by atoms with Crippen LogP contribution in [0.25, 0.3) is 0 Å². The van der Waals surface area contributed by atoms with Crippen molar-refractivity contribution in [2.75, 3.05) is 0 Å². The van der Waals surface area contributed by atoms with Gasteiger partial charge < -0.3 is 4.74 Å². The Hall–Kier alpha value is -0.810. The van der Waals surface area contributed by atoms with Crippen LogP contribution in [0.3, 0.4) is 0 Å². The number of rotatable bonds is 3. The Morgan fingerprint density at radius 3 is 2.33 bits per heavy atom. The van der Waals surface area contributed by atoms with Crippen LogP contribution >= 0.6 is 0 Å². The Morgan fingerprint density at radius 1 is 1.50 bits per heavy atom. The van der Waals surface area contributed by atoms with E-state index in [4.69, 9.17) is 0 Å². The maximum atomic E-state index is 12.0. The molecule has 0 aromatic heterocycles. The third kappa shape index (κ3) is 7.30. The normalized spacial score (nSPS) is 14.1. The Morgan fingerprint density at radius 2 is 2.00 bits per heavy atom. The summed E-state index contributed by atoms with van der Waals surface area (Å²) in [5.41, 5.74) is 0. The number of halogens is 4. The number of hydrogen-bond acceptors (Lipinski definition) is 2. The Kier molecular flexibility index (Phi) is 3.99. The van der Waals surface area contributed by atoms with E-state index in [2.05, 4.69) is 4.74 Å². The first-order valence-corrected chi connectivity index (χ1v) is 3.24. The Balaban J connectivity index is 3.61. The molecule has 0 saturated heterocycles. The van der Waals surface area contributed by atoms with E-state index in [1.54, 1.807) is 0 Å². The van der Waals surface area contributed by atoms with Crippen molar-refractivity contribution in [3.8, 4) is 0 Å². The van der Waals surface area contributed by atoms with E-state index in [1.165, 1.54) is 0 Å². The first-order chi connectivity index (χ1) is 5.31. The van der Waals surface area contributed by atoms with Gasteiger partial charge in [-0.05, 0) is 13.3 Å². The molecule has 0 radical (unpaired) electrons. The predicted molar refractivity (Wildman–Crippen MR) is 32.0 cm³/mol. The van der Waals surface area contributed by atoms with Gasteiger partial charge in [0.1, 0.15) is 0 Å². The topological polar surface area (TPSA) is 26.3 Å². The fourth-order valence-corrected chi connectivity index (χ4v) is 0.497. The van der Waals surface area contributed by atoms with Crippen LogP contribution in [-0.2, 0) is 9.53 Å². The zero-order valence-corrected chi connectivity index (χ0v) is 6.32. The highest BCUT2D eigenvalue weighted by molar-refractivity contribution is 5.69. The molecule has 1 atom stereocenters. The van der Waals surface area contributed by atoms with Gasteiger partial charge in [0.25, 0.3) is 0 Å². The fraction of sp³-hybridized carbons (Fsp3) is 0.833. The number of alkyl halides is 4. The summed E-state index contributed by atoms with van der Waals surface area (Å²) in [6, 6.07) is 0. The molecule has 2 nitrogen and oxygen atoms in total. The maximum Gasteiger partial charge on any atom is 0.575 e. The number of hydrogen-bond donors (Lipinski definition) is 0. The van der Waals surface area contributed by atoms with E-state index in [0.29, 0.717) is 0 Å². The number of carbonyl (C=O) groups excluding carboxylic acids is 1. The van der Waals surface area contributed by atoms with E-state index in [1.807, 2.05) is 0 Å². The molecule has 6 heteroatoms. The second-order valence-corrected chi connectivity index (χ2v) is 2.24. The van der Waals surface area contributed by atoms with Crippen molar-refractivity contribution in [3.63, 3.8) is 0 Å². The largest absolute Gasteiger partial charge is 0.575 e. The van der Waals surface area contributed by atoms with E-state index in [-0.39, 0.29) is 6.42 Å². The van der Waals surface area contributed by atoms with Crippen molar-refractivity contribution in [2.24, 2.45) is 0 Å². The summed E-state index contributed by atoms with van der Waals surface area (Å²) in [6.45, 7) is 1.15. The Labute approximate surface area is 66.5 Å². The number of carbonyl (C=O) groups is 1. The van der Waals surface area contributed by atoms with Crippen molar-refractivity contribution in [1.29, 1.82) is 0 Å². The van der Waals surface area contributed by atoms with E-state index in [9.17, 15) is 22.4 Å². The van der Waals surface area contributed by atoms with E-state index in [0.717, 1.165) is 6.92 Å². The summed E-state index contributed by atoms with van der Waals surface area (Å²) in [5.74, 6) is -1.45. The molecule has 0 aliphatic carbocycles. The smallest absolute Gasteiger partial charge is 0.373 e. The van der Waals surface area contributed by atoms with E-state index < -0.39 is 24.9 Å². The number of esters is 1. The van der Waals surface area contributed by atoms with Crippen molar-refractivity contribution in [1.82, 2.24) is 0 Å². The van der Waals surface area contributed by atoms with Gasteiger partial charge in [0.05, 0.1) is 6.17 Å². The molecule has 72 valence electrons. The molecule has 0 heterocycles. The molecule has 0 fully saturated rings. The molecule has 1 unspecified atom stereocenters. The zero-order chi connectivity index (χ0) is 9.78. The minimum Gasteiger partial charge on any atom is -0.373 e. The average molecular weight is 188 g/mol. The van der Waals surface area contributed by atoms with Crippen molar-refractivity contribution in [2.45, 2.75) is 32.3 Å². The van der Waals surface area contributed by atoms with Gasteiger partial charge in [-0.1, -0.05) is 0 Å². The minimum absolute atomic E-state index is 0.255.